The Morgan fingerprint density at radius 2 is 2.13 bits per heavy atom. The second-order valence-electron chi connectivity index (χ2n) is 7.04. The van der Waals surface area contributed by atoms with Crippen LogP contribution < -0.4 is 4.90 Å². The summed E-state index contributed by atoms with van der Waals surface area (Å²) >= 11 is 1.58. The SMILES string of the molecule is CSc1nccc(N2CCCC3(CCC(=O)N(C(C)C)C3)C2)n1. The van der Waals surface area contributed by atoms with E-state index in [1.54, 1.807) is 11.8 Å². The molecule has 1 unspecified atom stereocenters. The summed E-state index contributed by atoms with van der Waals surface area (Å²) in [7, 11) is 0. The van der Waals surface area contributed by atoms with Gasteiger partial charge >= 0.3 is 0 Å². The number of carbonyl (C=O) groups is 1. The molecule has 0 bridgehead atoms. The van der Waals surface area contributed by atoms with Crippen LogP contribution in [-0.4, -0.2) is 52.7 Å². The molecular formula is C17H26N4OS. The molecule has 0 saturated carbocycles. The molecule has 1 aromatic heterocycles. The number of amides is 1. The zero-order chi connectivity index (χ0) is 16.4. The molecule has 2 fully saturated rings. The van der Waals surface area contributed by atoms with Gasteiger partial charge in [-0.2, -0.15) is 0 Å². The summed E-state index contributed by atoms with van der Waals surface area (Å²) in [4.78, 5) is 25.6. The first-order chi connectivity index (χ1) is 11.0. The van der Waals surface area contributed by atoms with Crippen molar-refractivity contribution in [1.82, 2.24) is 14.9 Å². The van der Waals surface area contributed by atoms with Gasteiger partial charge in [-0.1, -0.05) is 11.8 Å². The lowest BCUT2D eigenvalue weighted by Crippen LogP contribution is -2.55. The summed E-state index contributed by atoms with van der Waals surface area (Å²) in [5.74, 6) is 1.34. The van der Waals surface area contributed by atoms with E-state index in [1.165, 1.54) is 12.8 Å². The first-order valence-corrected chi connectivity index (χ1v) is 9.67. The summed E-state index contributed by atoms with van der Waals surface area (Å²) < 4.78 is 0. The van der Waals surface area contributed by atoms with Gasteiger partial charge < -0.3 is 9.80 Å². The second-order valence-corrected chi connectivity index (χ2v) is 7.82. The predicted molar refractivity (Wildman–Crippen MR) is 93.8 cm³/mol. The Morgan fingerprint density at radius 3 is 2.87 bits per heavy atom. The fourth-order valence-corrected chi connectivity index (χ4v) is 4.21. The number of thioether (sulfide) groups is 1. The summed E-state index contributed by atoms with van der Waals surface area (Å²) in [5.41, 5.74) is 0.223. The normalized spacial score (nSPS) is 25.5. The van der Waals surface area contributed by atoms with Crippen molar-refractivity contribution in [3.05, 3.63) is 12.3 Å². The van der Waals surface area contributed by atoms with Crippen LogP contribution in [0.25, 0.3) is 0 Å². The number of anilines is 1. The molecule has 0 N–H and O–H groups in total. The standard InChI is InChI=1S/C17H26N4OS/c1-13(2)21-12-17(8-5-15(21)22)7-4-10-20(11-17)14-6-9-18-16(19-14)23-3/h6,9,13H,4-5,7-8,10-12H2,1-3H3. The number of nitrogens with zero attached hydrogens (tertiary/aromatic N) is 4. The third kappa shape index (κ3) is 3.47. The molecule has 1 aromatic rings. The van der Waals surface area contributed by atoms with Gasteiger partial charge in [0.05, 0.1) is 0 Å². The van der Waals surface area contributed by atoms with E-state index in [2.05, 4.69) is 33.6 Å². The van der Waals surface area contributed by atoms with E-state index in [0.29, 0.717) is 12.3 Å². The Balaban J connectivity index is 1.78. The molecule has 1 atom stereocenters. The molecule has 0 aliphatic carbocycles. The highest BCUT2D eigenvalue weighted by Gasteiger charge is 2.42. The minimum absolute atomic E-state index is 0.223. The maximum Gasteiger partial charge on any atom is 0.222 e. The average Bonchev–Trinajstić information content (AvgIpc) is 2.57. The van der Waals surface area contributed by atoms with Crippen molar-refractivity contribution in [1.29, 1.82) is 0 Å². The summed E-state index contributed by atoms with van der Waals surface area (Å²) in [5, 5.41) is 0.824. The molecule has 1 spiro atoms. The number of aromatic nitrogens is 2. The third-order valence-electron chi connectivity index (χ3n) is 5.11. The number of likely N-dealkylation sites (tertiary alicyclic amines) is 1. The van der Waals surface area contributed by atoms with Gasteiger partial charge in [0.1, 0.15) is 5.82 Å². The molecule has 0 radical (unpaired) electrons. The highest BCUT2D eigenvalue weighted by atomic mass is 32.2. The molecule has 1 amide bonds. The maximum absolute atomic E-state index is 12.2. The lowest BCUT2D eigenvalue weighted by Gasteiger charge is -2.49. The molecule has 23 heavy (non-hydrogen) atoms. The van der Waals surface area contributed by atoms with Gasteiger partial charge in [-0.05, 0) is 45.4 Å². The lowest BCUT2D eigenvalue weighted by atomic mass is 9.73. The van der Waals surface area contributed by atoms with E-state index in [4.69, 9.17) is 0 Å². The summed E-state index contributed by atoms with van der Waals surface area (Å²) in [6.45, 7) is 7.16. The van der Waals surface area contributed by atoms with Crippen LogP contribution >= 0.6 is 11.8 Å². The minimum atomic E-state index is 0.223. The van der Waals surface area contributed by atoms with E-state index in [1.807, 2.05) is 18.5 Å². The molecule has 2 aliphatic rings. The summed E-state index contributed by atoms with van der Waals surface area (Å²) in [6, 6.07) is 2.30. The maximum atomic E-state index is 12.2. The average molecular weight is 334 g/mol. The van der Waals surface area contributed by atoms with Gasteiger partial charge in [-0.15, -0.1) is 0 Å². The fourth-order valence-electron chi connectivity index (χ4n) is 3.86. The van der Waals surface area contributed by atoms with Crippen LogP contribution in [0, 0.1) is 5.41 Å². The second kappa shape index (κ2) is 6.67. The van der Waals surface area contributed by atoms with Gasteiger partial charge in [-0.3, -0.25) is 4.79 Å². The number of hydrogen-bond donors (Lipinski definition) is 0. The smallest absolute Gasteiger partial charge is 0.222 e. The first kappa shape index (κ1) is 16.6. The largest absolute Gasteiger partial charge is 0.356 e. The van der Waals surface area contributed by atoms with E-state index < -0.39 is 0 Å². The van der Waals surface area contributed by atoms with Crippen LogP contribution in [0.1, 0.15) is 39.5 Å². The van der Waals surface area contributed by atoms with Crippen LogP contribution in [0.15, 0.2) is 17.4 Å². The molecule has 3 rings (SSSR count). The van der Waals surface area contributed by atoms with E-state index in [-0.39, 0.29) is 11.5 Å². The van der Waals surface area contributed by atoms with Crippen LogP contribution in [0.3, 0.4) is 0 Å². The Morgan fingerprint density at radius 1 is 1.30 bits per heavy atom. The molecule has 0 aromatic carbocycles. The van der Waals surface area contributed by atoms with Gasteiger partial charge in [0.25, 0.3) is 0 Å². The Kier molecular flexibility index (Phi) is 4.80. The first-order valence-electron chi connectivity index (χ1n) is 8.44. The highest BCUT2D eigenvalue weighted by Crippen LogP contribution is 2.40. The van der Waals surface area contributed by atoms with Crippen molar-refractivity contribution in [2.75, 3.05) is 30.8 Å². The van der Waals surface area contributed by atoms with Gasteiger partial charge in [0.2, 0.25) is 5.91 Å². The van der Waals surface area contributed by atoms with Crippen molar-refractivity contribution < 1.29 is 4.79 Å². The zero-order valence-corrected chi connectivity index (χ0v) is 15.1. The van der Waals surface area contributed by atoms with Crippen LogP contribution in [0.5, 0.6) is 0 Å². The van der Waals surface area contributed by atoms with Crippen molar-refractivity contribution in [2.24, 2.45) is 5.41 Å². The summed E-state index contributed by atoms with van der Waals surface area (Å²) in [6.07, 6.45) is 7.92. The monoisotopic (exact) mass is 334 g/mol. The van der Waals surface area contributed by atoms with Gasteiger partial charge in [-0.25, -0.2) is 9.97 Å². The van der Waals surface area contributed by atoms with E-state index in [9.17, 15) is 4.79 Å². The third-order valence-corrected chi connectivity index (χ3v) is 5.67. The Labute approximate surface area is 142 Å². The van der Waals surface area contributed by atoms with E-state index >= 15 is 0 Å². The molecule has 6 heteroatoms. The quantitative estimate of drug-likeness (QED) is 0.628. The number of rotatable bonds is 3. The minimum Gasteiger partial charge on any atom is -0.356 e. The van der Waals surface area contributed by atoms with Crippen molar-refractivity contribution in [3.8, 4) is 0 Å². The topological polar surface area (TPSA) is 49.3 Å². The van der Waals surface area contributed by atoms with Crippen molar-refractivity contribution >= 4 is 23.5 Å². The van der Waals surface area contributed by atoms with E-state index in [0.717, 1.165) is 37.0 Å². The molecule has 3 heterocycles. The van der Waals surface area contributed by atoms with Crippen molar-refractivity contribution in [3.63, 3.8) is 0 Å². The van der Waals surface area contributed by atoms with Crippen molar-refractivity contribution in [2.45, 2.75) is 50.7 Å². The number of piperidine rings is 2. The molecule has 126 valence electrons. The zero-order valence-electron chi connectivity index (χ0n) is 14.3. The predicted octanol–water partition coefficient (Wildman–Crippen LogP) is 2.82. The molecule has 5 nitrogen and oxygen atoms in total. The Hall–Kier alpha value is -1.30. The molecule has 2 aliphatic heterocycles. The fraction of sp³-hybridized carbons (Fsp3) is 0.706. The highest BCUT2D eigenvalue weighted by molar-refractivity contribution is 7.98. The van der Waals surface area contributed by atoms with Gasteiger partial charge in [0, 0.05) is 43.7 Å². The van der Waals surface area contributed by atoms with Crippen LogP contribution in [-0.2, 0) is 4.79 Å². The molecular weight excluding hydrogens is 308 g/mol. The van der Waals surface area contributed by atoms with Gasteiger partial charge in [0.15, 0.2) is 5.16 Å². The Bertz CT molecular complexity index is 579. The number of carbonyl (C=O) groups excluding carboxylic acids is 1. The van der Waals surface area contributed by atoms with Crippen LogP contribution in [0.4, 0.5) is 5.82 Å². The number of hydrogen-bond acceptors (Lipinski definition) is 5. The lowest BCUT2D eigenvalue weighted by molar-refractivity contribution is -0.140. The van der Waals surface area contributed by atoms with Crippen LogP contribution in [0.2, 0.25) is 0 Å². The molecule has 2 saturated heterocycles.